The maximum Gasteiger partial charge on any atom is 0.310 e. The summed E-state index contributed by atoms with van der Waals surface area (Å²) in [4.78, 5) is 23.9. The molecule has 1 amide bonds. The summed E-state index contributed by atoms with van der Waals surface area (Å²) < 4.78 is 21.3. The van der Waals surface area contributed by atoms with Crippen molar-refractivity contribution >= 4 is 17.6 Å². The van der Waals surface area contributed by atoms with Gasteiger partial charge in [-0.2, -0.15) is 0 Å². The Morgan fingerprint density at radius 1 is 1.04 bits per heavy atom. The molecule has 7 nitrogen and oxygen atoms in total. The molecule has 0 atom stereocenters. The summed E-state index contributed by atoms with van der Waals surface area (Å²) in [6, 6.07) is 12.3. The normalized spacial score (nSPS) is 12.2. The van der Waals surface area contributed by atoms with Crippen LogP contribution in [0.3, 0.4) is 0 Å². The van der Waals surface area contributed by atoms with Crippen molar-refractivity contribution in [1.29, 1.82) is 0 Å². The molecule has 2 aromatic rings. The molecule has 0 radical (unpaired) electrons. The lowest BCUT2D eigenvalue weighted by Gasteiger charge is -2.19. The summed E-state index contributed by atoms with van der Waals surface area (Å²) in [7, 11) is 0. The minimum atomic E-state index is -0.475. The van der Waals surface area contributed by atoms with Gasteiger partial charge in [-0.05, 0) is 36.8 Å². The lowest BCUT2D eigenvalue weighted by molar-refractivity contribution is -0.146. The largest absolute Gasteiger partial charge is 0.494 e. The summed E-state index contributed by atoms with van der Waals surface area (Å²) in [6.45, 7) is 3.10. The predicted octanol–water partition coefficient (Wildman–Crippen LogP) is 2.58. The summed E-state index contributed by atoms with van der Waals surface area (Å²) in [6.07, 6.45) is 0.0870. The van der Waals surface area contributed by atoms with Crippen LogP contribution in [0.15, 0.2) is 42.5 Å². The van der Waals surface area contributed by atoms with Crippen LogP contribution in [0.1, 0.15) is 12.5 Å². The zero-order valence-corrected chi connectivity index (χ0v) is 15.0. The standard InChI is InChI=1S/C20H21NO6/c1-2-24-16-6-3-14(4-7-16)11-20(23)27-13-19(22)21-15-5-8-17-18(12-15)26-10-9-25-17/h3-8,12H,2,9-11,13H2,1H3,(H,21,22). The van der Waals surface area contributed by atoms with Crippen LogP contribution in [0, 0.1) is 0 Å². The van der Waals surface area contributed by atoms with Crippen LogP contribution < -0.4 is 19.5 Å². The Morgan fingerprint density at radius 2 is 1.78 bits per heavy atom. The molecule has 0 spiro atoms. The van der Waals surface area contributed by atoms with Gasteiger partial charge < -0.3 is 24.3 Å². The highest BCUT2D eigenvalue weighted by atomic mass is 16.6. The number of amides is 1. The first-order valence-corrected chi connectivity index (χ1v) is 8.71. The molecule has 0 aromatic heterocycles. The van der Waals surface area contributed by atoms with E-state index in [4.69, 9.17) is 18.9 Å². The van der Waals surface area contributed by atoms with Gasteiger partial charge in [0.25, 0.3) is 5.91 Å². The van der Waals surface area contributed by atoms with Crippen molar-refractivity contribution in [2.75, 3.05) is 31.7 Å². The van der Waals surface area contributed by atoms with Gasteiger partial charge in [0.1, 0.15) is 19.0 Å². The minimum Gasteiger partial charge on any atom is -0.494 e. The van der Waals surface area contributed by atoms with E-state index in [0.29, 0.717) is 37.0 Å². The van der Waals surface area contributed by atoms with Crippen LogP contribution in [0.4, 0.5) is 5.69 Å². The number of rotatable bonds is 7. The Bertz CT molecular complexity index is 803. The van der Waals surface area contributed by atoms with Gasteiger partial charge in [-0.3, -0.25) is 9.59 Å². The van der Waals surface area contributed by atoms with E-state index >= 15 is 0 Å². The predicted molar refractivity (Wildman–Crippen MR) is 98.3 cm³/mol. The monoisotopic (exact) mass is 371 g/mol. The van der Waals surface area contributed by atoms with E-state index < -0.39 is 11.9 Å². The van der Waals surface area contributed by atoms with E-state index in [1.807, 2.05) is 6.92 Å². The smallest absolute Gasteiger partial charge is 0.310 e. The SMILES string of the molecule is CCOc1ccc(CC(=O)OCC(=O)Nc2ccc3c(c2)OCCO3)cc1. The topological polar surface area (TPSA) is 83.1 Å². The van der Waals surface area contributed by atoms with Crippen molar-refractivity contribution in [1.82, 2.24) is 0 Å². The van der Waals surface area contributed by atoms with Crippen LogP contribution in [-0.2, 0) is 20.7 Å². The van der Waals surface area contributed by atoms with Gasteiger partial charge in [0.2, 0.25) is 0 Å². The molecular formula is C20H21NO6. The minimum absolute atomic E-state index is 0.0870. The third-order valence-corrected chi connectivity index (χ3v) is 3.77. The highest BCUT2D eigenvalue weighted by molar-refractivity contribution is 5.93. The van der Waals surface area contributed by atoms with Crippen LogP contribution in [0.5, 0.6) is 17.2 Å². The fourth-order valence-corrected chi connectivity index (χ4v) is 2.55. The molecule has 1 N–H and O–H groups in total. The van der Waals surface area contributed by atoms with E-state index in [-0.39, 0.29) is 13.0 Å². The fraction of sp³-hybridized carbons (Fsp3) is 0.300. The van der Waals surface area contributed by atoms with E-state index in [1.165, 1.54) is 0 Å². The zero-order chi connectivity index (χ0) is 19.1. The second-order valence-electron chi connectivity index (χ2n) is 5.82. The second-order valence-corrected chi connectivity index (χ2v) is 5.82. The Balaban J connectivity index is 1.45. The van der Waals surface area contributed by atoms with Crippen LogP contribution >= 0.6 is 0 Å². The first-order chi connectivity index (χ1) is 13.1. The average molecular weight is 371 g/mol. The number of carbonyl (C=O) groups excluding carboxylic acids is 2. The third-order valence-electron chi connectivity index (χ3n) is 3.77. The van der Waals surface area contributed by atoms with Crippen LogP contribution in [0.25, 0.3) is 0 Å². The first-order valence-electron chi connectivity index (χ1n) is 8.71. The van der Waals surface area contributed by atoms with Gasteiger partial charge in [0.05, 0.1) is 13.0 Å². The number of nitrogens with one attached hydrogen (secondary N) is 1. The molecule has 0 unspecified atom stereocenters. The number of fused-ring (bicyclic) bond motifs is 1. The van der Waals surface area contributed by atoms with Gasteiger partial charge in [-0.15, -0.1) is 0 Å². The Morgan fingerprint density at radius 3 is 2.52 bits per heavy atom. The highest BCUT2D eigenvalue weighted by Gasteiger charge is 2.14. The molecule has 1 aliphatic rings. The Hall–Kier alpha value is -3.22. The summed E-state index contributed by atoms with van der Waals surface area (Å²) in [5.41, 5.74) is 1.34. The number of carbonyl (C=O) groups is 2. The van der Waals surface area contributed by atoms with Crippen molar-refractivity contribution in [2.24, 2.45) is 0 Å². The van der Waals surface area contributed by atoms with Gasteiger partial charge >= 0.3 is 5.97 Å². The lowest BCUT2D eigenvalue weighted by Crippen LogP contribution is -2.22. The van der Waals surface area contributed by atoms with Crippen LogP contribution in [-0.4, -0.2) is 38.3 Å². The summed E-state index contributed by atoms with van der Waals surface area (Å²) in [5.74, 6) is 1.06. The van der Waals surface area contributed by atoms with Crippen molar-refractivity contribution in [3.8, 4) is 17.2 Å². The third kappa shape index (κ3) is 5.37. The molecular weight excluding hydrogens is 350 g/mol. The number of hydrogen-bond donors (Lipinski definition) is 1. The van der Waals surface area contributed by atoms with Gasteiger partial charge in [0, 0.05) is 11.8 Å². The van der Waals surface area contributed by atoms with Crippen LogP contribution in [0.2, 0.25) is 0 Å². The molecule has 0 aliphatic carbocycles. The maximum absolute atomic E-state index is 12.0. The molecule has 27 heavy (non-hydrogen) atoms. The molecule has 7 heteroatoms. The van der Waals surface area contributed by atoms with Crippen molar-refractivity contribution in [3.05, 3.63) is 48.0 Å². The van der Waals surface area contributed by atoms with Crippen molar-refractivity contribution in [2.45, 2.75) is 13.3 Å². The lowest BCUT2D eigenvalue weighted by atomic mass is 10.1. The van der Waals surface area contributed by atoms with Gasteiger partial charge in [-0.25, -0.2) is 0 Å². The van der Waals surface area contributed by atoms with E-state index in [0.717, 1.165) is 11.3 Å². The van der Waals surface area contributed by atoms with Gasteiger partial charge in [0.15, 0.2) is 18.1 Å². The Kier molecular flexibility index (Phi) is 6.14. The summed E-state index contributed by atoms with van der Waals surface area (Å²) >= 11 is 0. The molecule has 0 saturated heterocycles. The average Bonchev–Trinajstić information content (AvgIpc) is 2.68. The van der Waals surface area contributed by atoms with E-state index in [9.17, 15) is 9.59 Å². The molecule has 0 bridgehead atoms. The first kappa shape index (κ1) is 18.6. The number of benzene rings is 2. The van der Waals surface area contributed by atoms with Gasteiger partial charge in [-0.1, -0.05) is 12.1 Å². The molecule has 0 fully saturated rings. The van der Waals surface area contributed by atoms with E-state index in [2.05, 4.69) is 5.32 Å². The molecule has 1 heterocycles. The van der Waals surface area contributed by atoms with Crippen molar-refractivity contribution in [3.63, 3.8) is 0 Å². The molecule has 3 rings (SSSR count). The second kappa shape index (κ2) is 8.93. The number of hydrogen-bond acceptors (Lipinski definition) is 6. The number of anilines is 1. The quantitative estimate of drug-likeness (QED) is 0.754. The summed E-state index contributed by atoms with van der Waals surface area (Å²) in [5, 5.41) is 2.66. The Labute approximate surface area is 157 Å². The van der Waals surface area contributed by atoms with Crippen molar-refractivity contribution < 1.29 is 28.5 Å². The number of ether oxygens (including phenoxy) is 4. The zero-order valence-electron chi connectivity index (χ0n) is 15.0. The molecule has 2 aromatic carbocycles. The molecule has 142 valence electrons. The fourth-order valence-electron chi connectivity index (χ4n) is 2.55. The molecule has 0 saturated carbocycles. The van der Waals surface area contributed by atoms with E-state index in [1.54, 1.807) is 42.5 Å². The number of esters is 1. The maximum atomic E-state index is 12.0. The molecule has 1 aliphatic heterocycles. The highest BCUT2D eigenvalue weighted by Crippen LogP contribution is 2.32.